The Morgan fingerprint density at radius 3 is 2.62 bits per heavy atom. The van der Waals surface area contributed by atoms with Crippen molar-refractivity contribution in [3.63, 3.8) is 0 Å². The van der Waals surface area contributed by atoms with Crippen molar-refractivity contribution >= 4 is 17.5 Å². The number of ether oxygens (including phenoxy) is 2. The Labute approximate surface area is 163 Å². The van der Waals surface area contributed by atoms with E-state index in [1.54, 1.807) is 13.0 Å². The maximum atomic E-state index is 12.8. The fourth-order valence-electron chi connectivity index (χ4n) is 3.26. The number of benzene rings is 1. The van der Waals surface area contributed by atoms with E-state index in [0.29, 0.717) is 5.70 Å². The number of nitrogens with one attached hydrogen (secondary N) is 3. The van der Waals surface area contributed by atoms with Crippen LogP contribution in [-0.4, -0.2) is 41.2 Å². The van der Waals surface area contributed by atoms with Crippen LogP contribution >= 0.6 is 0 Å². The van der Waals surface area contributed by atoms with Gasteiger partial charge in [0.05, 0.1) is 28.6 Å². The molecule has 11 nitrogen and oxygen atoms in total. The molecule has 0 bridgehead atoms. The first-order chi connectivity index (χ1) is 13.8. The Balaban J connectivity index is 2.25. The zero-order chi connectivity index (χ0) is 21.1. The van der Waals surface area contributed by atoms with Gasteiger partial charge in [0, 0.05) is 24.4 Å². The summed E-state index contributed by atoms with van der Waals surface area (Å²) in [5.74, 6) is -1.82. The molecule has 152 valence electrons. The minimum absolute atomic E-state index is 0.0248. The van der Waals surface area contributed by atoms with Crippen LogP contribution in [0.5, 0.6) is 0 Å². The second-order valence-electron chi connectivity index (χ2n) is 6.24. The predicted octanol–water partition coefficient (Wildman–Crippen LogP) is 0.992. The van der Waals surface area contributed by atoms with Crippen LogP contribution in [0.2, 0.25) is 0 Å². The molecule has 1 unspecified atom stereocenters. The third-order valence-electron chi connectivity index (χ3n) is 4.46. The summed E-state index contributed by atoms with van der Waals surface area (Å²) in [4.78, 5) is 52.7. The first-order valence-electron chi connectivity index (χ1n) is 8.58. The summed E-state index contributed by atoms with van der Waals surface area (Å²) in [5, 5.41) is 14.4. The largest absolute Gasteiger partial charge is 0.460 e. The second-order valence-corrected chi connectivity index (χ2v) is 6.24. The van der Waals surface area contributed by atoms with Crippen molar-refractivity contribution in [2.24, 2.45) is 0 Å². The van der Waals surface area contributed by atoms with E-state index in [-0.39, 0.29) is 41.4 Å². The van der Waals surface area contributed by atoms with Gasteiger partial charge in [0.1, 0.15) is 12.4 Å². The fourth-order valence-corrected chi connectivity index (χ4v) is 3.26. The topological polar surface area (TPSA) is 156 Å². The van der Waals surface area contributed by atoms with Crippen molar-refractivity contribution in [1.29, 1.82) is 0 Å². The number of aromatic amines is 2. The van der Waals surface area contributed by atoms with Crippen molar-refractivity contribution in [2.45, 2.75) is 12.8 Å². The highest BCUT2D eigenvalue weighted by Gasteiger charge is 2.39. The predicted molar refractivity (Wildman–Crippen MR) is 102 cm³/mol. The van der Waals surface area contributed by atoms with Crippen LogP contribution in [0.3, 0.4) is 0 Å². The number of rotatable bonds is 6. The Morgan fingerprint density at radius 2 is 1.93 bits per heavy atom. The number of nitro groups is 1. The molecule has 1 aliphatic rings. The zero-order valence-corrected chi connectivity index (χ0v) is 15.6. The third kappa shape index (κ3) is 3.80. The first-order valence-corrected chi connectivity index (χ1v) is 8.58. The van der Waals surface area contributed by atoms with Crippen molar-refractivity contribution in [3.05, 3.63) is 77.6 Å². The molecule has 0 aliphatic carbocycles. The van der Waals surface area contributed by atoms with E-state index >= 15 is 0 Å². The molecule has 3 N–H and O–H groups in total. The van der Waals surface area contributed by atoms with E-state index in [1.165, 1.54) is 25.3 Å². The van der Waals surface area contributed by atoms with Crippen LogP contribution in [-0.2, 0) is 14.3 Å². The third-order valence-corrected chi connectivity index (χ3v) is 4.46. The van der Waals surface area contributed by atoms with Gasteiger partial charge in [-0.25, -0.2) is 9.59 Å². The van der Waals surface area contributed by atoms with Crippen LogP contribution in [0.1, 0.15) is 24.0 Å². The minimum Gasteiger partial charge on any atom is -0.460 e. The molecule has 1 aromatic carbocycles. The number of fused-ring (bicyclic) bond motifs is 1. The van der Waals surface area contributed by atoms with Gasteiger partial charge >= 0.3 is 11.7 Å². The average Bonchev–Trinajstić information content (AvgIpc) is 2.66. The fraction of sp³-hybridized carbons (Fsp3) is 0.278. The monoisotopic (exact) mass is 402 g/mol. The lowest BCUT2D eigenvalue weighted by Gasteiger charge is -2.28. The number of anilines is 1. The number of carbonyl (C=O) groups is 1. The van der Waals surface area contributed by atoms with Crippen molar-refractivity contribution in [3.8, 4) is 0 Å². The molecule has 0 saturated carbocycles. The van der Waals surface area contributed by atoms with E-state index in [0.717, 1.165) is 0 Å². The van der Waals surface area contributed by atoms with E-state index in [1.807, 2.05) is 0 Å². The smallest absolute Gasteiger partial charge is 0.336 e. The number of para-hydroxylation sites is 1. The maximum absolute atomic E-state index is 12.8. The standard InChI is InChI=1S/C18H18N4O7/c1-9-12(17(24)29-8-7-28-2)13(10-5-3-4-6-11(10)22(26)27)14-15(19-9)20-18(25)21-16(14)23/h3-6,13H,7-8H2,1-2H3,(H3,19,20,21,23,25). The summed E-state index contributed by atoms with van der Waals surface area (Å²) in [6.07, 6.45) is 0. The molecule has 0 radical (unpaired) electrons. The van der Waals surface area contributed by atoms with Gasteiger partial charge in [-0.05, 0) is 6.92 Å². The van der Waals surface area contributed by atoms with Crippen molar-refractivity contribution in [1.82, 2.24) is 9.97 Å². The van der Waals surface area contributed by atoms with E-state index in [4.69, 9.17) is 9.47 Å². The Morgan fingerprint density at radius 1 is 1.21 bits per heavy atom. The number of nitro benzene ring substituents is 1. The minimum atomic E-state index is -1.12. The highest BCUT2D eigenvalue weighted by Crippen LogP contribution is 2.42. The molecule has 1 aromatic heterocycles. The number of aromatic nitrogens is 2. The first kappa shape index (κ1) is 20.0. The summed E-state index contributed by atoms with van der Waals surface area (Å²) in [5.41, 5.74) is -1.37. The van der Waals surface area contributed by atoms with Gasteiger partial charge in [0.2, 0.25) is 0 Å². The molecule has 0 amide bonds. The lowest BCUT2D eigenvalue weighted by molar-refractivity contribution is -0.385. The highest BCUT2D eigenvalue weighted by molar-refractivity contribution is 5.94. The van der Waals surface area contributed by atoms with Crippen LogP contribution in [0.25, 0.3) is 0 Å². The lowest BCUT2D eigenvalue weighted by Crippen LogP contribution is -2.35. The quantitative estimate of drug-likeness (QED) is 0.279. The molecule has 0 saturated heterocycles. The van der Waals surface area contributed by atoms with Gasteiger partial charge in [-0.1, -0.05) is 18.2 Å². The molecule has 29 heavy (non-hydrogen) atoms. The number of nitrogens with zero attached hydrogens (tertiary/aromatic N) is 1. The average molecular weight is 402 g/mol. The van der Waals surface area contributed by atoms with Gasteiger partial charge < -0.3 is 14.8 Å². The van der Waals surface area contributed by atoms with Crippen LogP contribution in [0.15, 0.2) is 45.1 Å². The maximum Gasteiger partial charge on any atom is 0.336 e. The molecule has 3 rings (SSSR count). The zero-order valence-electron chi connectivity index (χ0n) is 15.6. The van der Waals surface area contributed by atoms with Crippen LogP contribution < -0.4 is 16.6 Å². The molecule has 1 atom stereocenters. The van der Waals surface area contributed by atoms with Gasteiger partial charge in [-0.2, -0.15) is 0 Å². The van der Waals surface area contributed by atoms with E-state index < -0.39 is 28.1 Å². The molecule has 2 heterocycles. The van der Waals surface area contributed by atoms with Gasteiger partial charge in [-0.15, -0.1) is 0 Å². The molecule has 0 spiro atoms. The molecule has 1 aliphatic heterocycles. The van der Waals surface area contributed by atoms with Gasteiger partial charge in [-0.3, -0.25) is 24.9 Å². The second kappa shape index (κ2) is 8.10. The normalized spacial score (nSPS) is 15.4. The van der Waals surface area contributed by atoms with Crippen molar-refractivity contribution < 1.29 is 19.2 Å². The molecule has 2 aromatic rings. The van der Waals surface area contributed by atoms with Crippen molar-refractivity contribution in [2.75, 3.05) is 25.6 Å². The number of allylic oxidation sites excluding steroid dienone is 1. The Kier molecular flexibility index (Phi) is 5.59. The molecule has 11 heteroatoms. The molecular formula is C18H18N4O7. The molecule has 0 fully saturated rings. The lowest BCUT2D eigenvalue weighted by atomic mass is 9.81. The summed E-state index contributed by atoms with van der Waals surface area (Å²) in [6.45, 7) is 1.67. The summed E-state index contributed by atoms with van der Waals surface area (Å²) in [7, 11) is 1.45. The van der Waals surface area contributed by atoms with E-state index in [9.17, 15) is 24.5 Å². The number of methoxy groups -OCH3 is 1. The van der Waals surface area contributed by atoms with Gasteiger partial charge in [0.15, 0.2) is 0 Å². The molecular weight excluding hydrogens is 384 g/mol. The van der Waals surface area contributed by atoms with Gasteiger partial charge in [0.25, 0.3) is 11.2 Å². The highest BCUT2D eigenvalue weighted by atomic mass is 16.6. The number of esters is 1. The Hall–Kier alpha value is -3.73. The SMILES string of the molecule is COCCOC(=O)C1=C(C)Nc2[nH]c(=O)[nH]c(=O)c2C1c1ccccc1[N+](=O)[O-]. The number of hydrogen-bond acceptors (Lipinski definition) is 8. The van der Waals surface area contributed by atoms with Crippen LogP contribution in [0.4, 0.5) is 11.5 Å². The Bertz CT molecular complexity index is 1120. The summed E-state index contributed by atoms with van der Waals surface area (Å²) >= 11 is 0. The summed E-state index contributed by atoms with van der Waals surface area (Å²) in [6, 6.07) is 5.78. The number of hydrogen-bond donors (Lipinski definition) is 3. The van der Waals surface area contributed by atoms with E-state index in [2.05, 4.69) is 15.3 Å². The van der Waals surface area contributed by atoms with Crippen LogP contribution in [0, 0.1) is 10.1 Å². The number of H-pyrrole nitrogens is 2. The number of carbonyl (C=O) groups excluding carboxylic acids is 1. The summed E-state index contributed by atoms with van der Waals surface area (Å²) < 4.78 is 10.1.